The number of carboxylic acid groups (broad SMARTS) is 1. The predicted molar refractivity (Wildman–Crippen MR) is 228 cm³/mol. The van der Waals surface area contributed by atoms with Crippen LogP contribution in [0.15, 0.2) is 93.0 Å². The van der Waals surface area contributed by atoms with Gasteiger partial charge >= 0.3 is 5.97 Å². The average molecular weight is 907 g/mol. The van der Waals surface area contributed by atoms with Gasteiger partial charge in [-0.3, -0.25) is 43.1 Å². The lowest BCUT2D eigenvalue weighted by Gasteiger charge is -2.26. The number of azo groups is 1. The summed E-state index contributed by atoms with van der Waals surface area (Å²) in [6, 6.07) is 11.7. The number of rotatable bonds is 18. The van der Waals surface area contributed by atoms with Gasteiger partial charge < -0.3 is 48.5 Å². The highest BCUT2D eigenvalue weighted by atomic mass is 32.2. The second-order valence-corrected chi connectivity index (χ2v) is 15.8. The van der Waals surface area contributed by atoms with Crippen molar-refractivity contribution in [1.82, 2.24) is 36.9 Å². The van der Waals surface area contributed by atoms with Gasteiger partial charge in [-0.15, -0.1) is 5.11 Å². The molecule has 342 valence electrons. The van der Waals surface area contributed by atoms with E-state index in [4.69, 9.17) is 11.5 Å². The molecule has 3 aromatic rings. The summed E-state index contributed by atoms with van der Waals surface area (Å²) in [7, 11) is -4.46. The monoisotopic (exact) mass is 906 g/mol. The van der Waals surface area contributed by atoms with Crippen LogP contribution in [0.4, 0.5) is 5.82 Å². The third-order valence-electron chi connectivity index (χ3n) is 9.46. The molecule has 24 heteroatoms. The maximum atomic E-state index is 14.0. The number of guanidine groups is 1. The van der Waals surface area contributed by atoms with Gasteiger partial charge in [0.25, 0.3) is 16.0 Å². The Balaban J connectivity index is 1.46. The van der Waals surface area contributed by atoms with E-state index in [1.165, 1.54) is 36.5 Å². The van der Waals surface area contributed by atoms with Crippen molar-refractivity contribution in [3.63, 3.8) is 0 Å². The molecule has 2 heterocycles. The molecule has 1 unspecified atom stereocenters. The van der Waals surface area contributed by atoms with Gasteiger partial charge in [0.2, 0.25) is 29.5 Å². The Morgan fingerprint density at radius 2 is 1.42 bits per heavy atom. The molecule has 6 amide bonds. The maximum absolute atomic E-state index is 14.0. The van der Waals surface area contributed by atoms with Crippen molar-refractivity contribution in [3.05, 3.63) is 89.6 Å². The second kappa shape index (κ2) is 24.3. The fourth-order valence-corrected chi connectivity index (χ4v) is 6.98. The van der Waals surface area contributed by atoms with E-state index >= 15 is 0 Å². The Morgan fingerprint density at radius 1 is 0.781 bits per heavy atom. The van der Waals surface area contributed by atoms with Crippen molar-refractivity contribution < 1.29 is 51.6 Å². The molecule has 1 aliphatic heterocycles. The van der Waals surface area contributed by atoms with Gasteiger partial charge in [-0.2, -0.15) is 13.5 Å². The van der Waals surface area contributed by atoms with Crippen LogP contribution in [-0.4, -0.2) is 114 Å². The smallest absolute Gasteiger partial charge is 0.305 e. The van der Waals surface area contributed by atoms with Gasteiger partial charge in [0.1, 0.15) is 24.2 Å². The third kappa shape index (κ3) is 16.5. The van der Waals surface area contributed by atoms with Gasteiger partial charge in [-0.05, 0) is 61.4 Å². The van der Waals surface area contributed by atoms with Gasteiger partial charge in [-0.25, -0.2) is 4.98 Å². The number of hydrogen-bond acceptors (Lipinski definition) is 13. The Hall–Kier alpha value is -7.34. The zero-order chi connectivity index (χ0) is 46.6. The first-order chi connectivity index (χ1) is 30.5. The molecule has 1 saturated heterocycles. The molecule has 23 nitrogen and oxygen atoms in total. The van der Waals surface area contributed by atoms with Crippen molar-refractivity contribution in [2.45, 2.75) is 80.6 Å². The predicted octanol–water partition coefficient (Wildman–Crippen LogP) is -0.648. The number of carbonyl (C=O) groups is 7. The summed E-state index contributed by atoms with van der Waals surface area (Å²) in [5.74, 6) is -6.23. The zero-order valence-corrected chi connectivity index (χ0v) is 35.3. The van der Waals surface area contributed by atoms with Crippen LogP contribution in [0.5, 0.6) is 0 Å². The third-order valence-corrected chi connectivity index (χ3v) is 10.4. The summed E-state index contributed by atoms with van der Waals surface area (Å²) in [5.41, 5.74) is 11.8. The highest BCUT2D eigenvalue weighted by Gasteiger charge is 2.33. The van der Waals surface area contributed by atoms with Crippen LogP contribution in [0.3, 0.4) is 0 Å². The van der Waals surface area contributed by atoms with E-state index in [-0.39, 0.29) is 79.5 Å². The highest BCUT2D eigenvalue weighted by molar-refractivity contribution is 7.85. The fourth-order valence-electron chi connectivity index (χ4n) is 6.26. The number of aliphatic carboxylic acids is 1. The molecule has 1 fully saturated rings. The Bertz CT molecular complexity index is 2310. The first-order valence-electron chi connectivity index (χ1n) is 20.0. The number of aliphatic imine (C=N–C) groups is 1. The van der Waals surface area contributed by atoms with Gasteiger partial charge in [-0.1, -0.05) is 48.5 Å². The highest BCUT2D eigenvalue weighted by Crippen LogP contribution is 2.18. The minimum atomic E-state index is -4.46. The number of carboxylic acids is 1. The van der Waals surface area contributed by atoms with Crippen molar-refractivity contribution in [2.24, 2.45) is 26.7 Å². The van der Waals surface area contributed by atoms with Crippen LogP contribution in [0.25, 0.3) is 0 Å². The molecule has 1 aromatic heterocycles. The minimum Gasteiger partial charge on any atom is -0.481 e. The number of unbranched alkanes of at least 4 members (excludes halogenated alkanes) is 1. The lowest BCUT2D eigenvalue weighted by atomic mass is 10.0. The fraction of sp³-hybridized carbons (Fsp3) is 0.375. The zero-order valence-electron chi connectivity index (χ0n) is 34.4. The Labute approximate surface area is 367 Å². The molecule has 12 N–H and O–H groups in total. The minimum absolute atomic E-state index is 0.000562. The molecule has 0 saturated carbocycles. The number of hydrogen-bond donors (Lipinski definition) is 10. The summed E-state index contributed by atoms with van der Waals surface area (Å²) in [4.78, 5) is 99.8. The molecule has 0 spiro atoms. The summed E-state index contributed by atoms with van der Waals surface area (Å²) >= 11 is 0. The van der Waals surface area contributed by atoms with E-state index in [9.17, 15) is 51.6 Å². The number of nitrogens with two attached hydrogens (primary N) is 2. The number of nitrogens with zero attached hydrogens (tertiary/aromatic N) is 4. The lowest BCUT2D eigenvalue weighted by molar-refractivity contribution is -0.141. The first kappa shape index (κ1) is 49.3. The van der Waals surface area contributed by atoms with Crippen LogP contribution in [0.1, 0.15) is 60.0 Å². The molecule has 4 atom stereocenters. The summed E-state index contributed by atoms with van der Waals surface area (Å²) in [6.45, 7) is -0.610. The number of carbonyl (C=O) groups excluding carboxylic acids is 6. The number of nitrogens with one attached hydrogen (secondary N) is 6. The molecule has 4 rings (SSSR count). The van der Waals surface area contributed by atoms with E-state index in [0.717, 1.165) is 0 Å². The molecule has 2 aromatic carbocycles. The standard InChI is InChI=1S/C40H50N12O11S/c41-40(42)44-18-8-13-27-37(58)49-28(12-6-7-17-43-35(56)26-15-16-32(45-21-26)52-47-22-25-11-4-5-14-31(25)64(61,62)63)38(59)50-29(19-24-9-2-1-3-10-24)39(60)51-30(20-34(54)55)36(57)46-23-33(53)48-27/h1-5,9-11,14-16,21,27-30H,6-8,12-13,17-20,22-23H2,(H,43,56)(H,46,57)(H,48,53)(H,49,58)(H,50,59)(H,51,60)(H,54,55)(H4,41,42,44)(H,61,62,63)/t27?,28-,29-,30-/m1/s1. The Kier molecular flexibility index (Phi) is 18.8. The quantitative estimate of drug-likeness (QED) is 0.0250. The molecular weight excluding hydrogens is 857 g/mol. The van der Waals surface area contributed by atoms with Gasteiger partial charge in [0, 0.05) is 25.7 Å². The Morgan fingerprint density at radius 3 is 2.09 bits per heavy atom. The first-order valence-corrected chi connectivity index (χ1v) is 21.4. The number of pyridine rings is 1. The van der Waals surface area contributed by atoms with Crippen LogP contribution >= 0.6 is 0 Å². The lowest BCUT2D eigenvalue weighted by Crippen LogP contribution is -2.58. The molecule has 64 heavy (non-hydrogen) atoms. The van der Waals surface area contributed by atoms with E-state index in [1.807, 2.05) is 0 Å². The van der Waals surface area contributed by atoms with E-state index in [0.29, 0.717) is 12.0 Å². The average Bonchev–Trinajstić information content (AvgIpc) is 3.25. The van der Waals surface area contributed by atoms with Crippen LogP contribution in [0, 0.1) is 0 Å². The van der Waals surface area contributed by atoms with Crippen molar-refractivity contribution in [3.8, 4) is 0 Å². The number of amides is 6. The molecular formula is C40H50N12O11S. The largest absolute Gasteiger partial charge is 0.481 e. The van der Waals surface area contributed by atoms with Crippen LogP contribution in [-0.2, 0) is 51.9 Å². The molecule has 1 aliphatic rings. The molecule has 0 radical (unpaired) electrons. The van der Waals surface area contributed by atoms with E-state index in [1.54, 1.807) is 36.4 Å². The number of aromatic nitrogens is 1. The normalized spacial score (nSPS) is 18.9. The summed E-state index contributed by atoms with van der Waals surface area (Å²) < 4.78 is 32.7. The summed E-state index contributed by atoms with van der Waals surface area (Å²) in [6.07, 6.45) is 1.13. The topological polar surface area (TPSA) is 368 Å². The van der Waals surface area contributed by atoms with Gasteiger partial charge in [0.05, 0.1) is 30.0 Å². The van der Waals surface area contributed by atoms with Crippen LogP contribution < -0.4 is 43.4 Å². The number of benzene rings is 2. The SMILES string of the molecule is NC(N)=NCCCC1NC(=O)CNC(=O)[C@@H](CC(=O)O)NC(=O)[C@@H](Cc2ccccc2)NC(=O)[C@@H](CCCCNC(=O)c2ccc(N=NCc3ccccc3S(=O)(=O)O)nc2)NC1=O. The van der Waals surface area contributed by atoms with Gasteiger partial charge in [0.15, 0.2) is 11.8 Å². The van der Waals surface area contributed by atoms with E-state index in [2.05, 4.69) is 52.1 Å². The van der Waals surface area contributed by atoms with Crippen molar-refractivity contribution in [1.29, 1.82) is 0 Å². The summed E-state index contributed by atoms with van der Waals surface area (Å²) in [5, 5.41) is 32.6. The molecule has 0 bridgehead atoms. The second-order valence-electron chi connectivity index (χ2n) is 14.4. The molecule has 0 aliphatic carbocycles. The van der Waals surface area contributed by atoms with Crippen molar-refractivity contribution in [2.75, 3.05) is 19.6 Å². The van der Waals surface area contributed by atoms with Crippen LogP contribution in [0.2, 0.25) is 0 Å². The van der Waals surface area contributed by atoms with E-state index < -0.39 is 88.7 Å². The maximum Gasteiger partial charge on any atom is 0.305 e. The van der Waals surface area contributed by atoms with Crippen molar-refractivity contribution >= 4 is 63.3 Å².